The molecule has 0 bridgehead atoms. The molecule has 0 spiro atoms. The molecular weight excluding hydrogens is 260 g/mol. The van der Waals surface area contributed by atoms with Crippen molar-refractivity contribution in [2.45, 2.75) is 26.8 Å². The van der Waals surface area contributed by atoms with Gasteiger partial charge in [0.05, 0.1) is 0 Å². The predicted molar refractivity (Wildman–Crippen MR) is 80.3 cm³/mol. The summed E-state index contributed by atoms with van der Waals surface area (Å²) in [7, 11) is 0. The Kier molecular flexibility index (Phi) is 4.22. The summed E-state index contributed by atoms with van der Waals surface area (Å²) >= 11 is 5.97. The van der Waals surface area contributed by atoms with Crippen LogP contribution < -0.4 is 10.6 Å². The van der Waals surface area contributed by atoms with Crippen LogP contribution in [0.25, 0.3) is 0 Å². The van der Waals surface area contributed by atoms with Crippen LogP contribution in [0.5, 0.6) is 0 Å². The van der Waals surface area contributed by atoms with Crippen LogP contribution in [0.1, 0.15) is 19.4 Å². The van der Waals surface area contributed by atoms with Crippen LogP contribution in [-0.4, -0.2) is 16.0 Å². The van der Waals surface area contributed by atoms with Gasteiger partial charge in [-0.15, -0.1) is 0 Å². The first-order valence-corrected chi connectivity index (χ1v) is 6.55. The fourth-order valence-electron chi connectivity index (χ4n) is 1.60. The van der Waals surface area contributed by atoms with E-state index >= 15 is 0 Å². The first kappa shape index (κ1) is 13.6. The fourth-order valence-corrected chi connectivity index (χ4v) is 1.79. The zero-order valence-electron chi connectivity index (χ0n) is 11.2. The molecule has 0 amide bonds. The van der Waals surface area contributed by atoms with Crippen LogP contribution in [0, 0.1) is 6.92 Å². The molecule has 2 N–H and O–H groups in total. The molecule has 0 fully saturated rings. The van der Waals surface area contributed by atoms with E-state index in [-0.39, 0.29) is 0 Å². The van der Waals surface area contributed by atoms with Gasteiger partial charge in [-0.3, -0.25) is 0 Å². The van der Waals surface area contributed by atoms with E-state index in [4.69, 9.17) is 11.6 Å². The van der Waals surface area contributed by atoms with Gasteiger partial charge in [-0.1, -0.05) is 17.7 Å². The molecule has 0 unspecified atom stereocenters. The lowest BCUT2D eigenvalue weighted by atomic mass is 10.3. The molecule has 4 nitrogen and oxygen atoms in total. The largest absolute Gasteiger partial charge is 0.352 e. The monoisotopic (exact) mass is 276 g/mol. The molecule has 1 aromatic carbocycles. The molecule has 0 saturated heterocycles. The Hall–Kier alpha value is -1.81. The Morgan fingerprint density at radius 3 is 2.74 bits per heavy atom. The van der Waals surface area contributed by atoms with Crippen molar-refractivity contribution >= 4 is 29.1 Å². The number of rotatable bonds is 4. The highest BCUT2D eigenvalue weighted by molar-refractivity contribution is 6.30. The number of hydrogen-bond donors (Lipinski definition) is 2. The van der Waals surface area contributed by atoms with Crippen molar-refractivity contribution in [1.82, 2.24) is 9.97 Å². The maximum Gasteiger partial charge on any atom is 0.224 e. The Balaban J connectivity index is 2.23. The highest BCUT2D eigenvalue weighted by Gasteiger charge is 2.05. The lowest BCUT2D eigenvalue weighted by Gasteiger charge is -2.12. The van der Waals surface area contributed by atoms with Crippen molar-refractivity contribution in [3.8, 4) is 0 Å². The molecule has 0 aliphatic carbocycles. The van der Waals surface area contributed by atoms with Gasteiger partial charge in [0.15, 0.2) is 0 Å². The molecule has 5 heteroatoms. The minimum atomic E-state index is 0.293. The van der Waals surface area contributed by atoms with Crippen LogP contribution in [0.4, 0.5) is 17.5 Å². The normalized spacial score (nSPS) is 10.6. The van der Waals surface area contributed by atoms with Crippen LogP contribution in [-0.2, 0) is 0 Å². The van der Waals surface area contributed by atoms with E-state index in [0.717, 1.165) is 17.1 Å². The highest BCUT2D eigenvalue weighted by Crippen LogP contribution is 2.21. The lowest BCUT2D eigenvalue weighted by Crippen LogP contribution is -2.13. The zero-order valence-corrected chi connectivity index (χ0v) is 12.0. The van der Waals surface area contributed by atoms with Crippen LogP contribution in [0.15, 0.2) is 30.5 Å². The SMILES string of the molecule is Cc1cnc(NC(C)C)nc1Nc1cccc(Cl)c1. The van der Waals surface area contributed by atoms with Crippen molar-refractivity contribution in [1.29, 1.82) is 0 Å². The minimum absolute atomic E-state index is 0.293. The molecule has 19 heavy (non-hydrogen) atoms. The van der Waals surface area contributed by atoms with Gasteiger partial charge in [0.2, 0.25) is 5.95 Å². The number of aromatic nitrogens is 2. The molecule has 0 radical (unpaired) electrons. The topological polar surface area (TPSA) is 49.8 Å². The van der Waals surface area contributed by atoms with E-state index in [9.17, 15) is 0 Å². The van der Waals surface area contributed by atoms with E-state index in [2.05, 4.69) is 20.6 Å². The smallest absolute Gasteiger partial charge is 0.224 e. The Labute approximate surface area is 118 Å². The van der Waals surface area contributed by atoms with E-state index in [0.29, 0.717) is 17.0 Å². The van der Waals surface area contributed by atoms with Gasteiger partial charge in [0, 0.05) is 28.5 Å². The third kappa shape index (κ3) is 3.83. The first-order chi connectivity index (χ1) is 9.04. The summed E-state index contributed by atoms with van der Waals surface area (Å²) < 4.78 is 0. The summed E-state index contributed by atoms with van der Waals surface area (Å²) in [6.07, 6.45) is 1.80. The zero-order chi connectivity index (χ0) is 13.8. The van der Waals surface area contributed by atoms with E-state index in [1.807, 2.05) is 45.0 Å². The van der Waals surface area contributed by atoms with Crippen molar-refractivity contribution in [3.63, 3.8) is 0 Å². The first-order valence-electron chi connectivity index (χ1n) is 6.17. The average Bonchev–Trinajstić information content (AvgIpc) is 2.33. The third-order valence-electron chi connectivity index (χ3n) is 2.48. The van der Waals surface area contributed by atoms with Gasteiger partial charge < -0.3 is 10.6 Å². The number of nitrogens with zero attached hydrogens (tertiary/aromatic N) is 2. The molecule has 2 rings (SSSR count). The van der Waals surface area contributed by atoms with Gasteiger partial charge in [-0.25, -0.2) is 4.98 Å². The quantitative estimate of drug-likeness (QED) is 0.886. The molecule has 1 heterocycles. The summed E-state index contributed by atoms with van der Waals surface area (Å²) in [5, 5.41) is 7.12. The number of nitrogens with one attached hydrogen (secondary N) is 2. The van der Waals surface area contributed by atoms with Crippen molar-refractivity contribution in [2.75, 3.05) is 10.6 Å². The summed E-state index contributed by atoms with van der Waals surface area (Å²) in [5.41, 5.74) is 1.89. The van der Waals surface area contributed by atoms with E-state index < -0.39 is 0 Å². The van der Waals surface area contributed by atoms with Gasteiger partial charge in [0.25, 0.3) is 0 Å². The lowest BCUT2D eigenvalue weighted by molar-refractivity contribution is 0.873. The molecule has 0 aliphatic heterocycles. The fraction of sp³-hybridized carbons (Fsp3) is 0.286. The summed E-state index contributed by atoms with van der Waals surface area (Å²) in [4.78, 5) is 8.71. The number of aryl methyl sites for hydroxylation is 1. The number of hydrogen-bond acceptors (Lipinski definition) is 4. The number of halogens is 1. The van der Waals surface area contributed by atoms with Crippen LogP contribution >= 0.6 is 11.6 Å². The molecule has 0 aliphatic rings. The average molecular weight is 277 g/mol. The van der Waals surface area contributed by atoms with Crippen molar-refractivity contribution in [3.05, 3.63) is 41.0 Å². The van der Waals surface area contributed by atoms with E-state index in [1.165, 1.54) is 0 Å². The minimum Gasteiger partial charge on any atom is -0.352 e. The van der Waals surface area contributed by atoms with Crippen LogP contribution in [0.3, 0.4) is 0 Å². The van der Waals surface area contributed by atoms with Gasteiger partial charge in [0.1, 0.15) is 5.82 Å². The van der Waals surface area contributed by atoms with Gasteiger partial charge in [-0.05, 0) is 39.0 Å². The summed E-state index contributed by atoms with van der Waals surface area (Å²) in [5.74, 6) is 1.39. The van der Waals surface area contributed by atoms with Gasteiger partial charge >= 0.3 is 0 Å². The highest BCUT2D eigenvalue weighted by atomic mass is 35.5. The molecule has 2 aromatic rings. The Morgan fingerprint density at radius 2 is 2.05 bits per heavy atom. The van der Waals surface area contributed by atoms with Crippen molar-refractivity contribution < 1.29 is 0 Å². The van der Waals surface area contributed by atoms with E-state index in [1.54, 1.807) is 6.20 Å². The Morgan fingerprint density at radius 1 is 1.26 bits per heavy atom. The summed E-state index contributed by atoms with van der Waals surface area (Å²) in [6.45, 7) is 6.06. The number of benzene rings is 1. The molecule has 0 atom stereocenters. The Bertz CT molecular complexity index is 569. The predicted octanol–water partition coefficient (Wildman–Crippen LogP) is 4.00. The van der Waals surface area contributed by atoms with Crippen LogP contribution in [0.2, 0.25) is 5.02 Å². The maximum atomic E-state index is 5.97. The second-order valence-electron chi connectivity index (χ2n) is 4.66. The standard InChI is InChI=1S/C14H17ClN4/c1-9(2)17-14-16-8-10(3)13(19-14)18-12-6-4-5-11(15)7-12/h4-9H,1-3H3,(H2,16,17,18,19). The molecule has 100 valence electrons. The van der Waals surface area contributed by atoms with Crippen molar-refractivity contribution in [2.24, 2.45) is 0 Å². The number of anilines is 3. The molecular formula is C14H17ClN4. The molecule has 1 aromatic heterocycles. The maximum absolute atomic E-state index is 5.97. The second-order valence-corrected chi connectivity index (χ2v) is 5.10. The van der Waals surface area contributed by atoms with Gasteiger partial charge in [-0.2, -0.15) is 4.98 Å². The summed E-state index contributed by atoms with van der Waals surface area (Å²) in [6, 6.07) is 7.84. The third-order valence-corrected chi connectivity index (χ3v) is 2.71. The second kappa shape index (κ2) is 5.89. The molecule has 0 saturated carbocycles.